The van der Waals surface area contributed by atoms with Crippen LogP contribution in [0.4, 0.5) is 10.1 Å². The van der Waals surface area contributed by atoms with Crippen LogP contribution in [0.25, 0.3) is 5.76 Å². The van der Waals surface area contributed by atoms with Gasteiger partial charge in [0.2, 0.25) is 6.79 Å². The van der Waals surface area contributed by atoms with E-state index in [4.69, 9.17) is 9.47 Å². The number of rotatable bonds is 3. The molecule has 5 rings (SSSR count). The van der Waals surface area contributed by atoms with Crippen molar-refractivity contribution >= 4 is 23.1 Å². The number of aryl methyl sites for hydroxylation is 2. The molecule has 0 spiro atoms. The molecular weight excluding hydrogens is 425 g/mol. The number of ether oxygens (including phenoxy) is 2. The summed E-state index contributed by atoms with van der Waals surface area (Å²) in [5.74, 6) is -1.37. The lowest BCUT2D eigenvalue weighted by Crippen LogP contribution is -2.29. The highest BCUT2D eigenvalue weighted by molar-refractivity contribution is 6.51. The fourth-order valence-corrected chi connectivity index (χ4v) is 4.24. The molecule has 3 aromatic rings. The Kier molecular flexibility index (Phi) is 4.89. The summed E-state index contributed by atoms with van der Waals surface area (Å²) in [5.41, 5.74) is 2.54. The number of amides is 1. The van der Waals surface area contributed by atoms with E-state index >= 15 is 0 Å². The van der Waals surface area contributed by atoms with Gasteiger partial charge >= 0.3 is 0 Å². The number of aliphatic hydroxyl groups is 1. The van der Waals surface area contributed by atoms with E-state index in [2.05, 4.69) is 0 Å². The Morgan fingerprint density at radius 3 is 2.55 bits per heavy atom. The van der Waals surface area contributed by atoms with Gasteiger partial charge in [0, 0.05) is 17.3 Å². The van der Waals surface area contributed by atoms with Crippen LogP contribution in [-0.2, 0) is 9.59 Å². The van der Waals surface area contributed by atoms with Crippen molar-refractivity contribution in [2.45, 2.75) is 19.9 Å². The summed E-state index contributed by atoms with van der Waals surface area (Å²) in [4.78, 5) is 27.8. The lowest BCUT2D eigenvalue weighted by Gasteiger charge is -2.26. The van der Waals surface area contributed by atoms with Gasteiger partial charge in [-0.25, -0.2) is 4.39 Å². The first-order chi connectivity index (χ1) is 15.8. The Hall–Kier alpha value is -4.13. The van der Waals surface area contributed by atoms with Crippen molar-refractivity contribution in [2.75, 3.05) is 11.7 Å². The van der Waals surface area contributed by atoms with Gasteiger partial charge in [0.15, 0.2) is 11.5 Å². The largest absolute Gasteiger partial charge is 0.507 e. The van der Waals surface area contributed by atoms with Gasteiger partial charge in [-0.2, -0.15) is 0 Å². The zero-order valence-electron chi connectivity index (χ0n) is 18.0. The molecule has 1 N–H and O–H groups in total. The third-order valence-electron chi connectivity index (χ3n) is 5.87. The topological polar surface area (TPSA) is 76.1 Å². The molecule has 3 aromatic carbocycles. The van der Waals surface area contributed by atoms with Gasteiger partial charge in [0.05, 0.1) is 11.6 Å². The molecule has 6 nitrogen and oxygen atoms in total. The van der Waals surface area contributed by atoms with Crippen molar-refractivity contribution in [3.8, 4) is 11.5 Å². The van der Waals surface area contributed by atoms with Crippen LogP contribution in [0.1, 0.15) is 28.3 Å². The molecule has 7 heteroatoms. The second-order valence-electron chi connectivity index (χ2n) is 8.08. The molecule has 0 aromatic heterocycles. The summed E-state index contributed by atoms with van der Waals surface area (Å²) in [5, 5.41) is 11.2. The first kappa shape index (κ1) is 20.8. The SMILES string of the molecule is Cc1cccc(C2/C(=C(\O)c3ccc(F)c(C)c3)C(=O)C(=O)N2c2ccc3c(c2)OCO3)c1. The number of Topliss-reactive ketones (excluding diaryl/α,β-unsaturated/α-hetero) is 1. The normalized spacial score (nSPS) is 18.8. The van der Waals surface area contributed by atoms with Gasteiger partial charge in [-0.3, -0.25) is 14.5 Å². The summed E-state index contributed by atoms with van der Waals surface area (Å²) < 4.78 is 24.6. The van der Waals surface area contributed by atoms with Gasteiger partial charge < -0.3 is 14.6 Å². The number of hydrogen-bond acceptors (Lipinski definition) is 5. The molecule has 1 unspecified atom stereocenters. The first-order valence-corrected chi connectivity index (χ1v) is 10.4. The number of hydrogen-bond donors (Lipinski definition) is 1. The number of carbonyl (C=O) groups is 2. The molecule has 2 aliphatic rings. The van der Waals surface area contributed by atoms with E-state index in [1.165, 1.54) is 23.1 Å². The zero-order chi connectivity index (χ0) is 23.3. The number of benzene rings is 3. The third kappa shape index (κ3) is 3.42. The minimum Gasteiger partial charge on any atom is -0.507 e. The van der Waals surface area contributed by atoms with Crippen LogP contribution in [0.5, 0.6) is 11.5 Å². The van der Waals surface area contributed by atoms with Crippen LogP contribution < -0.4 is 14.4 Å². The molecule has 0 aliphatic carbocycles. The molecule has 1 fully saturated rings. The molecule has 2 aliphatic heterocycles. The second-order valence-corrected chi connectivity index (χ2v) is 8.08. The van der Waals surface area contributed by atoms with E-state index in [0.29, 0.717) is 28.3 Å². The van der Waals surface area contributed by atoms with Crippen molar-refractivity contribution in [1.29, 1.82) is 0 Å². The number of ketones is 1. The van der Waals surface area contributed by atoms with Crippen molar-refractivity contribution < 1.29 is 28.6 Å². The average molecular weight is 445 g/mol. The number of halogens is 1. The highest BCUT2D eigenvalue weighted by Crippen LogP contribution is 2.45. The standard InChI is InChI=1S/C26H20FNO5/c1-14-4-3-5-16(10-14)23-22(24(29)17-6-8-19(27)15(2)11-17)25(30)26(31)28(23)18-7-9-20-21(12-18)33-13-32-20/h3-12,23,29H,13H2,1-2H3/b24-22+. The highest BCUT2D eigenvalue weighted by atomic mass is 19.1. The van der Waals surface area contributed by atoms with E-state index in [1.54, 1.807) is 31.2 Å². The number of anilines is 1. The molecule has 1 amide bonds. The van der Waals surface area contributed by atoms with E-state index in [0.717, 1.165) is 5.56 Å². The predicted molar refractivity (Wildman–Crippen MR) is 120 cm³/mol. The molecule has 0 saturated carbocycles. The van der Waals surface area contributed by atoms with Crippen molar-refractivity contribution in [2.24, 2.45) is 0 Å². The lowest BCUT2D eigenvalue weighted by molar-refractivity contribution is -0.132. The molecule has 0 bridgehead atoms. The minimum absolute atomic E-state index is 0.0609. The summed E-state index contributed by atoms with van der Waals surface area (Å²) in [7, 11) is 0. The van der Waals surface area contributed by atoms with Gasteiger partial charge in [-0.05, 0) is 55.3 Å². The van der Waals surface area contributed by atoms with Gasteiger partial charge in [0.1, 0.15) is 11.6 Å². The molecular formula is C26H20FNO5. The van der Waals surface area contributed by atoms with Gasteiger partial charge in [0.25, 0.3) is 11.7 Å². The number of fused-ring (bicyclic) bond motifs is 1. The summed E-state index contributed by atoms with van der Waals surface area (Å²) in [6.07, 6.45) is 0. The fraction of sp³-hybridized carbons (Fsp3) is 0.154. The molecule has 0 radical (unpaired) electrons. The Morgan fingerprint density at radius 2 is 1.79 bits per heavy atom. The Labute approximate surface area is 189 Å². The number of aliphatic hydroxyl groups excluding tert-OH is 1. The van der Waals surface area contributed by atoms with E-state index < -0.39 is 23.5 Å². The number of carbonyl (C=O) groups excluding carboxylic acids is 2. The molecule has 1 atom stereocenters. The smallest absolute Gasteiger partial charge is 0.300 e. The van der Waals surface area contributed by atoms with Crippen LogP contribution in [0.2, 0.25) is 0 Å². The Bertz CT molecular complexity index is 1350. The number of nitrogens with zero attached hydrogens (tertiary/aromatic N) is 1. The second kappa shape index (κ2) is 7.78. The van der Waals surface area contributed by atoms with Crippen molar-refractivity contribution in [3.05, 3.63) is 94.3 Å². The minimum atomic E-state index is -0.879. The van der Waals surface area contributed by atoms with Crippen LogP contribution in [0, 0.1) is 19.7 Å². The average Bonchev–Trinajstić information content (AvgIpc) is 3.37. The van der Waals surface area contributed by atoms with Crippen LogP contribution in [0.3, 0.4) is 0 Å². The van der Waals surface area contributed by atoms with Crippen LogP contribution >= 0.6 is 0 Å². The predicted octanol–water partition coefficient (Wildman–Crippen LogP) is 4.80. The molecule has 2 heterocycles. The monoisotopic (exact) mass is 445 g/mol. The van der Waals surface area contributed by atoms with Crippen LogP contribution in [0.15, 0.2) is 66.2 Å². The van der Waals surface area contributed by atoms with E-state index in [-0.39, 0.29) is 23.7 Å². The highest BCUT2D eigenvalue weighted by Gasteiger charge is 2.47. The van der Waals surface area contributed by atoms with E-state index in [1.807, 2.05) is 25.1 Å². The Morgan fingerprint density at radius 1 is 1.00 bits per heavy atom. The molecule has 166 valence electrons. The van der Waals surface area contributed by atoms with Crippen molar-refractivity contribution in [3.63, 3.8) is 0 Å². The first-order valence-electron chi connectivity index (χ1n) is 10.4. The van der Waals surface area contributed by atoms with E-state index in [9.17, 15) is 19.1 Å². The zero-order valence-corrected chi connectivity index (χ0v) is 18.0. The van der Waals surface area contributed by atoms with Crippen LogP contribution in [-0.4, -0.2) is 23.6 Å². The van der Waals surface area contributed by atoms with Crippen molar-refractivity contribution in [1.82, 2.24) is 0 Å². The molecule has 1 saturated heterocycles. The third-order valence-corrected chi connectivity index (χ3v) is 5.87. The quantitative estimate of drug-likeness (QED) is 0.356. The lowest BCUT2D eigenvalue weighted by atomic mass is 9.94. The Balaban J connectivity index is 1.72. The molecule has 33 heavy (non-hydrogen) atoms. The fourth-order valence-electron chi connectivity index (χ4n) is 4.24. The maximum atomic E-state index is 13.8. The maximum absolute atomic E-state index is 13.8. The maximum Gasteiger partial charge on any atom is 0.300 e. The summed E-state index contributed by atoms with van der Waals surface area (Å²) >= 11 is 0. The van der Waals surface area contributed by atoms with Gasteiger partial charge in [-0.15, -0.1) is 0 Å². The summed E-state index contributed by atoms with van der Waals surface area (Å²) in [6, 6.07) is 15.6. The summed E-state index contributed by atoms with van der Waals surface area (Å²) in [6.45, 7) is 3.54. The van der Waals surface area contributed by atoms with Gasteiger partial charge in [-0.1, -0.05) is 29.8 Å².